The number of urea groups is 1. The van der Waals surface area contributed by atoms with Crippen molar-refractivity contribution in [2.45, 2.75) is 69.2 Å². The van der Waals surface area contributed by atoms with Crippen molar-refractivity contribution in [3.05, 3.63) is 0 Å². The summed E-state index contributed by atoms with van der Waals surface area (Å²) in [5.41, 5.74) is 0. The zero-order valence-electron chi connectivity index (χ0n) is 12.4. The number of thioether (sulfide) groups is 1. The second-order valence-electron chi connectivity index (χ2n) is 5.37. The Morgan fingerprint density at radius 1 is 1.35 bits per heavy atom. The van der Waals surface area contributed by atoms with Gasteiger partial charge in [0.25, 0.3) is 0 Å². The van der Waals surface area contributed by atoms with E-state index in [-0.39, 0.29) is 24.5 Å². The number of aliphatic carboxylic acids is 1. The highest BCUT2D eigenvalue weighted by Gasteiger charge is 2.26. The van der Waals surface area contributed by atoms with E-state index < -0.39 is 5.97 Å². The maximum absolute atomic E-state index is 12.0. The zero-order valence-corrected chi connectivity index (χ0v) is 13.2. The lowest BCUT2D eigenvalue weighted by molar-refractivity contribution is -0.137. The summed E-state index contributed by atoms with van der Waals surface area (Å²) in [5, 5.41) is 15.1. The van der Waals surface area contributed by atoms with Crippen LogP contribution in [0.4, 0.5) is 4.79 Å². The summed E-state index contributed by atoms with van der Waals surface area (Å²) in [6.07, 6.45) is 8.13. The third kappa shape index (κ3) is 6.03. The van der Waals surface area contributed by atoms with Crippen LogP contribution in [0.3, 0.4) is 0 Å². The number of hydrogen-bond donors (Lipinski definition) is 3. The molecule has 0 aromatic heterocycles. The van der Waals surface area contributed by atoms with E-state index in [9.17, 15) is 9.59 Å². The molecule has 20 heavy (non-hydrogen) atoms. The number of nitrogens with one attached hydrogen (secondary N) is 2. The van der Waals surface area contributed by atoms with Crippen LogP contribution in [0, 0.1) is 0 Å². The lowest BCUT2D eigenvalue weighted by Crippen LogP contribution is -2.50. The van der Waals surface area contributed by atoms with E-state index in [4.69, 9.17) is 5.11 Å². The van der Waals surface area contributed by atoms with Crippen molar-refractivity contribution in [1.82, 2.24) is 10.6 Å². The molecule has 0 spiro atoms. The summed E-state index contributed by atoms with van der Waals surface area (Å²) in [7, 11) is 0. The molecule has 3 unspecified atom stereocenters. The molecule has 116 valence electrons. The van der Waals surface area contributed by atoms with Gasteiger partial charge in [0.15, 0.2) is 0 Å². The van der Waals surface area contributed by atoms with Gasteiger partial charge in [-0.25, -0.2) is 4.79 Å². The second kappa shape index (κ2) is 9.10. The largest absolute Gasteiger partial charge is 0.481 e. The molecule has 0 aliphatic heterocycles. The summed E-state index contributed by atoms with van der Waals surface area (Å²) < 4.78 is 0. The van der Waals surface area contributed by atoms with Crippen LogP contribution >= 0.6 is 11.8 Å². The smallest absolute Gasteiger partial charge is 0.315 e. The Balaban J connectivity index is 2.45. The summed E-state index contributed by atoms with van der Waals surface area (Å²) >= 11 is 1.80. The fourth-order valence-electron chi connectivity index (χ4n) is 2.72. The van der Waals surface area contributed by atoms with Gasteiger partial charge in [0.05, 0.1) is 6.42 Å². The van der Waals surface area contributed by atoms with Crippen LogP contribution in [-0.2, 0) is 4.79 Å². The SMILES string of the molecule is CCCC(CC(=O)O)NC(=O)NC1CCCCC1SC. The number of carboxylic acid groups (broad SMARTS) is 1. The van der Waals surface area contributed by atoms with E-state index in [1.54, 1.807) is 11.8 Å². The molecule has 5 nitrogen and oxygen atoms in total. The van der Waals surface area contributed by atoms with E-state index in [2.05, 4.69) is 16.9 Å². The Labute approximate surface area is 125 Å². The van der Waals surface area contributed by atoms with E-state index >= 15 is 0 Å². The molecular weight excluding hydrogens is 276 g/mol. The van der Waals surface area contributed by atoms with Crippen LogP contribution in [-0.4, -0.2) is 40.7 Å². The van der Waals surface area contributed by atoms with Crippen LogP contribution in [0.1, 0.15) is 51.9 Å². The van der Waals surface area contributed by atoms with Gasteiger partial charge in [-0.05, 0) is 25.5 Å². The molecule has 1 fully saturated rings. The average molecular weight is 302 g/mol. The van der Waals surface area contributed by atoms with Gasteiger partial charge < -0.3 is 15.7 Å². The van der Waals surface area contributed by atoms with Crippen LogP contribution in [0.25, 0.3) is 0 Å². The number of rotatable bonds is 7. The van der Waals surface area contributed by atoms with Gasteiger partial charge in [-0.3, -0.25) is 4.79 Å². The first kappa shape index (κ1) is 17.1. The van der Waals surface area contributed by atoms with Gasteiger partial charge in [0.2, 0.25) is 0 Å². The minimum absolute atomic E-state index is 0.0160. The lowest BCUT2D eigenvalue weighted by Gasteiger charge is -2.31. The number of carbonyl (C=O) groups is 2. The van der Waals surface area contributed by atoms with Gasteiger partial charge in [-0.15, -0.1) is 0 Å². The molecule has 0 heterocycles. The van der Waals surface area contributed by atoms with Crippen molar-refractivity contribution >= 4 is 23.8 Å². The molecule has 0 aromatic carbocycles. The Bertz CT molecular complexity index is 326. The summed E-state index contributed by atoms with van der Waals surface area (Å²) in [6, 6.07) is -0.310. The first-order valence-corrected chi connectivity index (χ1v) is 8.67. The van der Waals surface area contributed by atoms with Gasteiger partial charge in [-0.2, -0.15) is 11.8 Å². The predicted octanol–water partition coefficient (Wildman–Crippen LogP) is 2.60. The fraction of sp³-hybridized carbons (Fsp3) is 0.857. The second-order valence-corrected chi connectivity index (χ2v) is 6.44. The first-order chi connectivity index (χ1) is 9.56. The minimum Gasteiger partial charge on any atom is -0.481 e. The van der Waals surface area contributed by atoms with Crippen LogP contribution in [0.5, 0.6) is 0 Å². The molecule has 1 aliphatic rings. The third-order valence-corrected chi connectivity index (χ3v) is 4.88. The molecular formula is C14H26N2O3S. The number of hydrogen-bond acceptors (Lipinski definition) is 3. The summed E-state index contributed by atoms with van der Waals surface area (Å²) in [4.78, 5) is 22.8. The summed E-state index contributed by atoms with van der Waals surface area (Å²) in [5.74, 6) is -0.872. The number of carboxylic acids is 1. The Morgan fingerprint density at radius 3 is 2.65 bits per heavy atom. The average Bonchev–Trinajstić information content (AvgIpc) is 2.38. The van der Waals surface area contributed by atoms with Crippen LogP contribution in [0.2, 0.25) is 0 Å². The molecule has 1 rings (SSSR count). The molecule has 3 N–H and O–H groups in total. The Morgan fingerprint density at radius 2 is 2.05 bits per heavy atom. The maximum Gasteiger partial charge on any atom is 0.315 e. The van der Waals surface area contributed by atoms with Gasteiger partial charge in [-0.1, -0.05) is 26.2 Å². The molecule has 0 radical (unpaired) electrons. The van der Waals surface area contributed by atoms with Crippen molar-refractivity contribution in [3.8, 4) is 0 Å². The van der Waals surface area contributed by atoms with Crippen molar-refractivity contribution < 1.29 is 14.7 Å². The minimum atomic E-state index is -0.872. The van der Waals surface area contributed by atoms with Gasteiger partial charge >= 0.3 is 12.0 Å². The molecule has 1 saturated carbocycles. The molecule has 0 saturated heterocycles. The van der Waals surface area contributed by atoms with Crippen molar-refractivity contribution in [2.24, 2.45) is 0 Å². The van der Waals surface area contributed by atoms with E-state index in [1.807, 2.05) is 6.92 Å². The molecule has 6 heteroatoms. The third-order valence-electron chi connectivity index (χ3n) is 3.72. The van der Waals surface area contributed by atoms with E-state index in [1.165, 1.54) is 6.42 Å². The topological polar surface area (TPSA) is 78.4 Å². The fourth-order valence-corrected chi connectivity index (χ4v) is 3.66. The lowest BCUT2D eigenvalue weighted by atomic mass is 9.95. The molecule has 2 amide bonds. The quantitative estimate of drug-likeness (QED) is 0.675. The van der Waals surface area contributed by atoms with E-state index in [0.717, 1.165) is 25.7 Å². The highest BCUT2D eigenvalue weighted by molar-refractivity contribution is 7.99. The van der Waals surface area contributed by atoms with Gasteiger partial charge in [0, 0.05) is 17.3 Å². The van der Waals surface area contributed by atoms with Crippen molar-refractivity contribution in [1.29, 1.82) is 0 Å². The molecule has 0 aromatic rings. The molecule has 0 bridgehead atoms. The van der Waals surface area contributed by atoms with Crippen molar-refractivity contribution in [2.75, 3.05) is 6.26 Å². The van der Waals surface area contributed by atoms with Gasteiger partial charge in [0.1, 0.15) is 0 Å². The summed E-state index contributed by atoms with van der Waals surface area (Å²) in [6.45, 7) is 1.99. The Hall–Kier alpha value is -0.910. The maximum atomic E-state index is 12.0. The first-order valence-electron chi connectivity index (χ1n) is 7.38. The molecule has 3 atom stereocenters. The Kier molecular flexibility index (Phi) is 7.80. The van der Waals surface area contributed by atoms with Crippen molar-refractivity contribution in [3.63, 3.8) is 0 Å². The number of amides is 2. The standard InChI is InChI=1S/C14H26N2O3S/c1-3-6-10(9-13(17)18)15-14(19)16-11-7-4-5-8-12(11)20-2/h10-12H,3-9H2,1-2H3,(H,17,18)(H2,15,16,19). The van der Waals surface area contributed by atoms with Crippen LogP contribution < -0.4 is 10.6 Å². The number of carbonyl (C=O) groups excluding carboxylic acids is 1. The monoisotopic (exact) mass is 302 g/mol. The van der Waals surface area contributed by atoms with Crippen LogP contribution in [0.15, 0.2) is 0 Å². The molecule has 1 aliphatic carbocycles. The zero-order chi connectivity index (χ0) is 15.0. The highest BCUT2D eigenvalue weighted by Crippen LogP contribution is 2.27. The highest BCUT2D eigenvalue weighted by atomic mass is 32.2. The van der Waals surface area contributed by atoms with E-state index in [0.29, 0.717) is 11.7 Å². The normalized spacial score (nSPS) is 23.9. The predicted molar refractivity (Wildman–Crippen MR) is 82.2 cm³/mol.